The predicted molar refractivity (Wildman–Crippen MR) is 97.9 cm³/mol. The van der Waals surface area contributed by atoms with Gasteiger partial charge in [0.05, 0.1) is 13.2 Å². The van der Waals surface area contributed by atoms with Crippen LogP contribution in [-0.4, -0.2) is 29.6 Å². The Balaban J connectivity index is 1.56. The molecular weight excluding hydrogens is 366 g/mol. The standard InChI is InChI=1S/C21H18F2N2O3/c1-27-15-7-4-13(5-8-15)19-3-2-10-25(19)21(26)18-12-20(28-24-18)14-6-9-16(22)17(23)11-14/h4-9,11-12,19H,2-3,10H2,1H3. The van der Waals surface area contributed by atoms with E-state index in [2.05, 4.69) is 5.16 Å². The minimum absolute atomic E-state index is 0.0539. The minimum Gasteiger partial charge on any atom is -0.497 e. The molecule has 0 N–H and O–H groups in total. The Labute approximate surface area is 160 Å². The van der Waals surface area contributed by atoms with Gasteiger partial charge in [0.1, 0.15) is 5.75 Å². The molecule has 2 heterocycles. The Morgan fingerprint density at radius 2 is 1.93 bits per heavy atom. The summed E-state index contributed by atoms with van der Waals surface area (Å²) >= 11 is 0. The van der Waals surface area contributed by atoms with E-state index in [1.807, 2.05) is 24.3 Å². The first kappa shape index (κ1) is 18.2. The van der Waals surface area contributed by atoms with Crippen LogP contribution in [0.3, 0.4) is 0 Å². The van der Waals surface area contributed by atoms with Crippen molar-refractivity contribution < 1.29 is 22.8 Å². The molecule has 0 saturated carbocycles. The van der Waals surface area contributed by atoms with Gasteiger partial charge in [-0.2, -0.15) is 0 Å². The number of carbonyl (C=O) groups excluding carboxylic acids is 1. The zero-order valence-corrected chi connectivity index (χ0v) is 15.2. The lowest BCUT2D eigenvalue weighted by Crippen LogP contribution is -2.30. The summed E-state index contributed by atoms with van der Waals surface area (Å²) in [6.45, 7) is 0.614. The van der Waals surface area contributed by atoms with E-state index in [0.29, 0.717) is 12.1 Å². The summed E-state index contributed by atoms with van der Waals surface area (Å²) in [6, 6.07) is 12.4. The minimum atomic E-state index is -0.985. The van der Waals surface area contributed by atoms with Crippen molar-refractivity contribution in [3.8, 4) is 17.1 Å². The fourth-order valence-corrected chi connectivity index (χ4v) is 3.49. The Hall–Kier alpha value is -3.22. The summed E-state index contributed by atoms with van der Waals surface area (Å²) in [4.78, 5) is 14.7. The molecule has 28 heavy (non-hydrogen) atoms. The highest BCUT2D eigenvalue weighted by atomic mass is 19.2. The molecule has 1 amide bonds. The van der Waals surface area contributed by atoms with Gasteiger partial charge in [-0.05, 0) is 48.7 Å². The number of rotatable bonds is 4. The van der Waals surface area contributed by atoms with Crippen LogP contribution in [0.15, 0.2) is 53.1 Å². The average Bonchev–Trinajstić information content (AvgIpc) is 3.39. The van der Waals surface area contributed by atoms with Crippen LogP contribution in [0, 0.1) is 11.6 Å². The lowest BCUT2D eigenvalue weighted by molar-refractivity contribution is 0.0725. The molecule has 0 bridgehead atoms. The summed E-state index contributed by atoms with van der Waals surface area (Å²) in [5.74, 6) is -1.22. The zero-order chi connectivity index (χ0) is 19.7. The second-order valence-corrected chi connectivity index (χ2v) is 6.64. The first-order valence-electron chi connectivity index (χ1n) is 8.94. The Kier molecular flexibility index (Phi) is 4.81. The van der Waals surface area contributed by atoms with E-state index < -0.39 is 11.6 Å². The molecule has 1 fully saturated rings. The van der Waals surface area contributed by atoms with Gasteiger partial charge >= 0.3 is 0 Å². The molecule has 0 spiro atoms. The maximum absolute atomic E-state index is 13.4. The molecule has 144 valence electrons. The van der Waals surface area contributed by atoms with Crippen LogP contribution in [0.4, 0.5) is 8.78 Å². The topological polar surface area (TPSA) is 55.6 Å². The first-order chi connectivity index (χ1) is 13.6. The third-order valence-corrected chi connectivity index (χ3v) is 4.95. The molecule has 4 rings (SSSR count). The van der Waals surface area contributed by atoms with Crippen molar-refractivity contribution in [3.05, 3.63) is 71.4 Å². The van der Waals surface area contributed by atoms with E-state index in [0.717, 1.165) is 36.3 Å². The Bertz CT molecular complexity index is 1000. The molecule has 2 aromatic carbocycles. The van der Waals surface area contributed by atoms with Crippen LogP contribution < -0.4 is 4.74 Å². The Morgan fingerprint density at radius 1 is 1.14 bits per heavy atom. The number of halogens is 2. The number of carbonyl (C=O) groups is 1. The number of amides is 1. The molecule has 1 unspecified atom stereocenters. The largest absolute Gasteiger partial charge is 0.497 e. The highest BCUT2D eigenvalue weighted by Gasteiger charge is 2.32. The second-order valence-electron chi connectivity index (χ2n) is 6.64. The second kappa shape index (κ2) is 7.42. The van der Waals surface area contributed by atoms with Crippen molar-refractivity contribution in [1.82, 2.24) is 10.1 Å². The van der Waals surface area contributed by atoms with Crippen molar-refractivity contribution in [2.75, 3.05) is 13.7 Å². The van der Waals surface area contributed by atoms with Gasteiger partial charge in [-0.3, -0.25) is 4.79 Å². The summed E-state index contributed by atoms with van der Waals surface area (Å²) in [5, 5.41) is 3.84. The van der Waals surface area contributed by atoms with Crippen LogP contribution in [0.25, 0.3) is 11.3 Å². The molecule has 1 aliphatic heterocycles. The third kappa shape index (κ3) is 3.35. The van der Waals surface area contributed by atoms with Crippen LogP contribution in [0.2, 0.25) is 0 Å². The summed E-state index contributed by atoms with van der Waals surface area (Å²) in [5.41, 5.74) is 1.48. The van der Waals surface area contributed by atoms with Crippen molar-refractivity contribution in [3.63, 3.8) is 0 Å². The van der Waals surface area contributed by atoms with Gasteiger partial charge in [0.25, 0.3) is 5.91 Å². The van der Waals surface area contributed by atoms with E-state index >= 15 is 0 Å². The molecule has 7 heteroatoms. The molecule has 1 atom stereocenters. The van der Waals surface area contributed by atoms with Gasteiger partial charge in [-0.25, -0.2) is 8.78 Å². The Morgan fingerprint density at radius 3 is 2.64 bits per heavy atom. The predicted octanol–water partition coefficient (Wildman–Crippen LogP) is 4.61. The molecule has 1 aliphatic rings. The van der Waals surface area contributed by atoms with E-state index in [9.17, 15) is 13.6 Å². The van der Waals surface area contributed by atoms with Gasteiger partial charge in [-0.1, -0.05) is 17.3 Å². The molecule has 1 saturated heterocycles. The molecule has 0 aliphatic carbocycles. The van der Waals surface area contributed by atoms with E-state index in [-0.39, 0.29) is 23.4 Å². The summed E-state index contributed by atoms with van der Waals surface area (Å²) < 4.78 is 36.9. The van der Waals surface area contributed by atoms with Gasteiger partial charge in [0.2, 0.25) is 0 Å². The fraction of sp³-hybridized carbons (Fsp3) is 0.238. The van der Waals surface area contributed by atoms with Crippen LogP contribution in [0.1, 0.15) is 34.9 Å². The third-order valence-electron chi connectivity index (χ3n) is 4.95. The molecular formula is C21H18F2N2O3. The SMILES string of the molecule is COc1ccc(C2CCCN2C(=O)c2cc(-c3ccc(F)c(F)c3)on2)cc1. The number of aromatic nitrogens is 1. The number of methoxy groups -OCH3 is 1. The number of hydrogen-bond donors (Lipinski definition) is 0. The summed E-state index contributed by atoms with van der Waals surface area (Å²) in [7, 11) is 1.61. The number of likely N-dealkylation sites (tertiary alicyclic amines) is 1. The molecule has 1 aromatic heterocycles. The van der Waals surface area contributed by atoms with Crippen molar-refractivity contribution in [2.24, 2.45) is 0 Å². The van der Waals surface area contributed by atoms with E-state index in [1.54, 1.807) is 12.0 Å². The number of ether oxygens (including phenoxy) is 1. The van der Waals surface area contributed by atoms with Crippen molar-refractivity contribution in [2.45, 2.75) is 18.9 Å². The normalized spacial score (nSPS) is 16.4. The van der Waals surface area contributed by atoms with Crippen molar-refractivity contribution >= 4 is 5.91 Å². The van der Waals surface area contributed by atoms with Crippen LogP contribution >= 0.6 is 0 Å². The summed E-state index contributed by atoms with van der Waals surface area (Å²) in [6.07, 6.45) is 1.74. The number of hydrogen-bond acceptors (Lipinski definition) is 4. The highest BCUT2D eigenvalue weighted by molar-refractivity contribution is 5.93. The maximum Gasteiger partial charge on any atom is 0.276 e. The number of nitrogens with zero attached hydrogens (tertiary/aromatic N) is 2. The zero-order valence-electron chi connectivity index (χ0n) is 15.2. The lowest BCUT2D eigenvalue weighted by atomic mass is 10.0. The van der Waals surface area contributed by atoms with Gasteiger partial charge in [0.15, 0.2) is 23.1 Å². The fourth-order valence-electron chi connectivity index (χ4n) is 3.49. The lowest BCUT2D eigenvalue weighted by Gasteiger charge is -2.24. The van der Waals surface area contributed by atoms with Crippen LogP contribution in [0.5, 0.6) is 5.75 Å². The van der Waals surface area contributed by atoms with Gasteiger partial charge in [0, 0.05) is 18.2 Å². The van der Waals surface area contributed by atoms with Gasteiger partial charge < -0.3 is 14.2 Å². The molecule has 5 nitrogen and oxygen atoms in total. The van der Waals surface area contributed by atoms with Crippen LogP contribution in [-0.2, 0) is 0 Å². The average molecular weight is 384 g/mol. The monoisotopic (exact) mass is 384 g/mol. The van der Waals surface area contributed by atoms with Crippen molar-refractivity contribution in [1.29, 1.82) is 0 Å². The molecule has 3 aromatic rings. The first-order valence-corrected chi connectivity index (χ1v) is 8.94. The van der Waals surface area contributed by atoms with E-state index in [4.69, 9.17) is 9.26 Å². The highest BCUT2D eigenvalue weighted by Crippen LogP contribution is 2.34. The van der Waals surface area contributed by atoms with Gasteiger partial charge in [-0.15, -0.1) is 0 Å². The molecule has 0 radical (unpaired) electrons. The maximum atomic E-state index is 13.4. The number of benzene rings is 2. The van der Waals surface area contributed by atoms with E-state index in [1.165, 1.54) is 12.1 Å². The smallest absolute Gasteiger partial charge is 0.276 e. The quantitative estimate of drug-likeness (QED) is 0.659.